The van der Waals surface area contributed by atoms with Gasteiger partial charge in [0.2, 0.25) is 0 Å². The van der Waals surface area contributed by atoms with E-state index in [1.165, 1.54) is 11.0 Å². The molecule has 1 aliphatic heterocycles. The largest absolute Gasteiger partial charge is 0.448 e. The molecule has 1 heterocycles. The number of carbonyl (C=O) groups is 1. The molecule has 1 fully saturated rings. The molecule has 92 valence electrons. The van der Waals surface area contributed by atoms with E-state index in [1.54, 1.807) is 0 Å². The lowest BCUT2D eigenvalue weighted by Crippen LogP contribution is -2.32. The molecule has 1 aromatic carbocycles. The number of ether oxygens (including phenoxy) is 1. The van der Waals surface area contributed by atoms with E-state index in [1.807, 2.05) is 0 Å². The van der Waals surface area contributed by atoms with Crippen LogP contribution in [-0.4, -0.2) is 30.7 Å². The Labute approximate surface area is 97.0 Å². The topological polar surface area (TPSA) is 55.6 Å². The van der Waals surface area contributed by atoms with Gasteiger partial charge < -0.3 is 15.4 Å². The number of rotatable bonds is 3. The number of amides is 1. The van der Waals surface area contributed by atoms with Crippen LogP contribution in [0.25, 0.3) is 0 Å². The Morgan fingerprint density at radius 1 is 1.41 bits per heavy atom. The first-order valence-corrected chi connectivity index (χ1v) is 5.20. The van der Waals surface area contributed by atoms with E-state index in [-0.39, 0.29) is 6.54 Å². The summed E-state index contributed by atoms with van der Waals surface area (Å²) < 4.78 is 30.5. The number of nitrogens with zero attached hydrogens (tertiary/aromatic N) is 1. The first-order chi connectivity index (χ1) is 8.08. The van der Waals surface area contributed by atoms with Crippen LogP contribution in [-0.2, 0) is 4.74 Å². The second-order valence-electron chi connectivity index (χ2n) is 3.84. The molecule has 0 aromatic heterocycles. The highest BCUT2D eigenvalue weighted by molar-refractivity contribution is 5.69. The van der Waals surface area contributed by atoms with Crippen LogP contribution in [0.4, 0.5) is 13.6 Å². The normalized spacial score (nSPS) is 17.1. The summed E-state index contributed by atoms with van der Waals surface area (Å²) in [7, 11) is 0. The Morgan fingerprint density at radius 2 is 2.18 bits per heavy atom. The third kappa shape index (κ3) is 2.52. The predicted octanol–water partition coefficient (Wildman–Crippen LogP) is 1.42. The van der Waals surface area contributed by atoms with Gasteiger partial charge in [0.05, 0.1) is 6.54 Å². The van der Waals surface area contributed by atoms with Gasteiger partial charge in [0.25, 0.3) is 0 Å². The minimum atomic E-state index is -0.943. The molecule has 1 aromatic rings. The average Bonchev–Trinajstić information content (AvgIpc) is 2.68. The standard InChI is InChI=1S/C11H12F2N2O2/c12-8-2-1-7(5-9(8)13)10(14)6-15-3-4-17-11(15)16/h1-2,5,10H,3-4,6,14H2. The van der Waals surface area contributed by atoms with Crippen molar-refractivity contribution in [2.75, 3.05) is 19.7 Å². The lowest BCUT2D eigenvalue weighted by atomic mass is 10.1. The molecule has 1 unspecified atom stereocenters. The second-order valence-corrected chi connectivity index (χ2v) is 3.84. The van der Waals surface area contributed by atoms with Crippen molar-refractivity contribution in [3.63, 3.8) is 0 Å². The molecule has 1 aliphatic rings. The van der Waals surface area contributed by atoms with E-state index in [0.29, 0.717) is 18.7 Å². The van der Waals surface area contributed by atoms with Crippen LogP contribution >= 0.6 is 0 Å². The van der Waals surface area contributed by atoms with Gasteiger partial charge in [0.1, 0.15) is 6.61 Å². The molecule has 1 saturated heterocycles. The molecule has 17 heavy (non-hydrogen) atoms. The predicted molar refractivity (Wildman–Crippen MR) is 56.2 cm³/mol. The van der Waals surface area contributed by atoms with Crippen molar-refractivity contribution in [3.8, 4) is 0 Å². The van der Waals surface area contributed by atoms with Crippen LogP contribution in [0.3, 0.4) is 0 Å². The minimum absolute atomic E-state index is 0.226. The molecule has 0 spiro atoms. The van der Waals surface area contributed by atoms with Gasteiger partial charge in [-0.15, -0.1) is 0 Å². The molecule has 0 radical (unpaired) electrons. The summed E-state index contributed by atoms with van der Waals surface area (Å²) in [6.07, 6.45) is -0.428. The van der Waals surface area contributed by atoms with Crippen molar-refractivity contribution in [3.05, 3.63) is 35.4 Å². The Morgan fingerprint density at radius 3 is 2.76 bits per heavy atom. The summed E-state index contributed by atoms with van der Waals surface area (Å²) in [4.78, 5) is 12.6. The molecule has 0 aliphatic carbocycles. The summed E-state index contributed by atoms with van der Waals surface area (Å²) in [5.74, 6) is -1.86. The van der Waals surface area contributed by atoms with E-state index in [4.69, 9.17) is 10.5 Å². The SMILES string of the molecule is NC(CN1CCOC1=O)c1ccc(F)c(F)c1. The first kappa shape index (κ1) is 11.8. The van der Waals surface area contributed by atoms with E-state index in [2.05, 4.69) is 0 Å². The summed E-state index contributed by atoms with van der Waals surface area (Å²) in [6, 6.07) is 2.91. The van der Waals surface area contributed by atoms with Gasteiger partial charge in [-0.3, -0.25) is 0 Å². The van der Waals surface area contributed by atoms with Gasteiger partial charge in [0.15, 0.2) is 11.6 Å². The number of hydrogen-bond donors (Lipinski definition) is 1. The second kappa shape index (κ2) is 4.67. The number of halogens is 2. The number of cyclic esters (lactones) is 1. The molecule has 6 heteroatoms. The molecule has 2 rings (SSSR count). The average molecular weight is 242 g/mol. The van der Waals surface area contributed by atoms with Gasteiger partial charge in [-0.05, 0) is 17.7 Å². The Hall–Kier alpha value is -1.69. The summed E-state index contributed by atoms with van der Waals surface area (Å²) in [5, 5.41) is 0. The van der Waals surface area contributed by atoms with E-state index in [9.17, 15) is 13.6 Å². The maximum Gasteiger partial charge on any atom is 0.410 e. The molecule has 0 bridgehead atoms. The van der Waals surface area contributed by atoms with Crippen LogP contribution in [0.5, 0.6) is 0 Å². The van der Waals surface area contributed by atoms with E-state index < -0.39 is 23.8 Å². The Bertz CT molecular complexity index is 439. The highest BCUT2D eigenvalue weighted by atomic mass is 19.2. The minimum Gasteiger partial charge on any atom is -0.448 e. The van der Waals surface area contributed by atoms with Crippen molar-refractivity contribution in [2.45, 2.75) is 6.04 Å². The molecule has 4 nitrogen and oxygen atoms in total. The zero-order chi connectivity index (χ0) is 12.4. The van der Waals surface area contributed by atoms with Crippen molar-refractivity contribution in [1.29, 1.82) is 0 Å². The van der Waals surface area contributed by atoms with Crippen LogP contribution in [0, 0.1) is 11.6 Å². The quantitative estimate of drug-likeness (QED) is 0.872. The molecule has 2 N–H and O–H groups in total. The Kier molecular flexibility index (Phi) is 3.23. The van der Waals surface area contributed by atoms with Gasteiger partial charge in [-0.25, -0.2) is 13.6 Å². The third-order valence-corrected chi connectivity index (χ3v) is 2.63. The van der Waals surface area contributed by atoms with Crippen LogP contribution in [0.15, 0.2) is 18.2 Å². The van der Waals surface area contributed by atoms with Gasteiger partial charge in [0, 0.05) is 12.6 Å². The fourth-order valence-electron chi connectivity index (χ4n) is 1.68. The van der Waals surface area contributed by atoms with Crippen LogP contribution < -0.4 is 5.73 Å². The molecular weight excluding hydrogens is 230 g/mol. The number of hydrogen-bond acceptors (Lipinski definition) is 3. The molecule has 1 atom stereocenters. The van der Waals surface area contributed by atoms with Crippen molar-refractivity contribution in [2.24, 2.45) is 5.73 Å². The number of carbonyl (C=O) groups excluding carboxylic acids is 1. The van der Waals surface area contributed by atoms with Crippen LogP contribution in [0.2, 0.25) is 0 Å². The van der Waals surface area contributed by atoms with Crippen molar-refractivity contribution < 1.29 is 18.3 Å². The highest BCUT2D eigenvalue weighted by Crippen LogP contribution is 2.17. The maximum atomic E-state index is 13.0. The summed E-state index contributed by atoms with van der Waals surface area (Å²) in [6.45, 7) is 1.03. The lowest BCUT2D eigenvalue weighted by Gasteiger charge is -2.18. The maximum absolute atomic E-state index is 13.0. The Balaban J connectivity index is 2.06. The van der Waals surface area contributed by atoms with Crippen LogP contribution in [0.1, 0.15) is 11.6 Å². The zero-order valence-corrected chi connectivity index (χ0v) is 9.03. The highest BCUT2D eigenvalue weighted by Gasteiger charge is 2.24. The summed E-state index contributed by atoms with van der Waals surface area (Å²) in [5.41, 5.74) is 6.27. The number of benzene rings is 1. The van der Waals surface area contributed by atoms with Gasteiger partial charge >= 0.3 is 6.09 Å². The van der Waals surface area contributed by atoms with Gasteiger partial charge in [-0.2, -0.15) is 0 Å². The fourth-order valence-corrected chi connectivity index (χ4v) is 1.68. The molecular formula is C11H12F2N2O2. The molecule has 1 amide bonds. The fraction of sp³-hybridized carbons (Fsp3) is 0.364. The third-order valence-electron chi connectivity index (χ3n) is 2.63. The van der Waals surface area contributed by atoms with Crippen molar-refractivity contribution in [1.82, 2.24) is 4.90 Å². The first-order valence-electron chi connectivity index (χ1n) is 5.20. The number of nitrogens with two attached hydrogens (primary N) is 1. The molecule has 0 saturated carbocycles. The van der Waals surface area contributed by atoms with Gasteiger partial charge in [-0.1, -0.05) is 6.07 Å². The monoisotopic (exact) mass is 242 g/mol. The lowest BCUT2D eigenvalue weighted by molar-refractivity contribution is 0.157. The van der Waals surface area contributed by atoms with E-state index in [0.717, 1.165) is 12.1 Å². The van der Waals surface area contributed by atoms with E-state index >= 15 is 0 Å². The summed E-state index contributed by atoms with van der Waals surface area (Å²) >= 11 is 0. The smallest absolute Gasteiger partial charge is 0.410 e. The van der Waals surface area contributed by atoms with Crippen molar-refractivity contribution >= 4 is 6.09 Å². The zero-order valence-electron chi connectivity index (χ0n) is 9.03.